The van der Waals surface area contributed by atoms with Gasteiger partial charge in [0.15, 0.2) is 0 Å². The summed E-state index contributed by atoms with van der Waals surface area (Å²) in [5, 5.41) is 6.79. The molecule has 0 aliphatic carbocycles. The lowest BCUT2D eigenvalue weighted by molar-refractivity contribution is 0.252. The van der Waals surface area contributed by atoms with Gasteiger partial charge >= 0.3 is 6.03 Å². The average Bonchev–Trinajstić information content (AvgIpc) is 3.02. The van der Waals surface area contributed by atoms with Crippen molar-refractivity contribution in [2.75, 3.05) is 19.0 Å². The predicted molar refractivity (Wildman–Crippen MR) is 119 cm³/mol. The Hall–Kier alpha value is -3.74. The first-order valence-corrected chi connectivity index (χ1v) is 9.68. The summed E-state index contributed by atoms with van der Waals surface area (Å²) in [6, 6.07) is 16.7. The van der Waals surface area contributed by atoms with E-state index in [9.17, 15) is 4.79 Å². The third-order valence-corrected chi connectivity index (χ3v) is 4.60. The van der Waals surface area contributed by atoms with Gasteiger partial charge in [-0.05, 0) is 63.2 Å². The number of carbonyl (C=O) groups excluding carboxylic acids is 1. The van der Waals surface area contributed by atoms with E-state index in [1.54, 1.807) is 25.5 Å². The topological polar surface area (TPSA) is 76.9 Å². The van der Waals surface area contributed by atoms with Crippen LogP contribution in [0.2, 0.25) is 0 Å². The molecule has 7 heteroatoms. The molecule has 2 aromatic carbocycles. The molecular weight excluding hydrogens is 380 g/mol. The van der Waals surface area contributed by atoms with Crippen LogP contribution in [0.3, 0.4) is 0 Å². The molecule has 0 aliphatic rings. The monoisotopic (exact) mass is 406 g/mol. The Labute approximate surface area is 176 Å². The Morgan fingerprint density at radius 2 is 1.87 bits per heavy atom. The molecule has 1 aromatic heterocycles. The highest BCUT2D eigenvalue weighted by Gasteiger charge is 2.10. The van der Waals surface area contributed by atoms with Crippen LogP contribution in [-0.4, -0.2) is 30.5 Å². The van der Waals surface area contributed by atoms with Crippen molar-refractivity contribution in [2.24, 2.45) is 5.10 Å². The fourth-order valence-corrected chi connectivity index (χ4v) is 3.23. The molecule has 30 heavy (non-hydrogen) atoms. The van der Waals surface area contributed by atoms with E-state index in [-0.39, 0.29) is 0 Å². The number of benzene rings is 2. The number of aromatic nitrogens is 1. The highest BCUT2D eigenvalue weighted by molar-refractivity contribution is 5.92. The van der Waals surface area contributed by atoms with Gasteiger partial charge < -0.3 is 19.4 Å². The molecule has 0 bridgehead atoms. The van der Waals surface area contributed by atoms with Gasteiger partial charge in [0.05, 0.1) is 25.6 Å². The minimum absolute atomic E-state index is 0.448. The molecule has 0 aliphatic heterocycles. The lowest BCUT2D eigenvalue weighted by Gasteiger charge is -2.11. The number of aryl methyl sites for hydroxylation is 1. The lowest BCUT2D eigenvalue weighted by Crippen LogP contribution is -2.24. The van der Waals surface area contributed by atoms with Crippen molar-refractivity contribution in [3.63, 3.8) is 0 Å². The second kappa shape index (κ2) is 9.65. The van der Waals surface area contributed by atoms with Gasteiger partial charge in [0.1, 0.15) is 11.5 Å². The first-order valence-electron chi connectivity index (χ1n) is 9.68. The normalized spacial score (nSPS) is 10.8. The van der Waals surface area contributed by atoms with Crippen LogP contribution < -0.4 is 20.2 Å². The highest BCUT2D eigenvalue weighted by Crippen LogP contribution is 2.23. The number of hydrogen-bond acceptors (Lipinski definition) is 4. The smallest absolute Gasteiger partial charge is 0.339 e. The molecule has 2 N–H and O–H groups in total. The molecule has 0 unspecified atom stereocenters. The van der Waals surface area contributed by atoms with E-state index in [1.165, 1.54) is 0 Å². The maximum absolute atomic E-state index is 12.1. The summed E-state index contributed by atoms with van der Waals surface area (Å²) in [5.74, 6) is 1.42. The van der Waals surface area contributed by atoms with Crippen molar-refractivity contribution in [3.05, 3.63) is 71.5 Å². The number of nitrogens with one attached hydrogen (secondary N) is 2. The summed E-state index contributed by atoms with van der Waals surface area (Å²) < 4.78 is 12.9. The number of hydrazone groups is 1. The summed E-state index contributed by atoms with van der Waals surface area (Å²) in [7, 11) is 1.55. The number of para-hydroxylation sites is 2. The minimum Gasteiger partial charge on any atom is -0.495 e. The van der Waals surface area contributed by atoms with E-state index in [0.717, 1.165) is 28.4 Å². The Bertz CT molecular complexity index is 1040. The standard InChI is InChI=1S/C23H26N4O3/c1-5-30-20-12-10-19(11-13-20)27-16(2)14-18(17(27)3)15-24-26-23(28)25-21-8-6-7-9-22(21)29-4/h6-15H,5H2,1-4H3,(H2,25,26,28)/b24-15+. The number of amides is 2. The lowest BCUT2D eigenvalue weighted by atomic mass is 10.2. The zero-order valence-corrected chi connectivity index (χ0v) is 17.6. The van der Waals surface area contributed by atoms with E-state index in [4.69, 9.17) is 9.47 Å². The van der Waals surface area contributed by atoms with Crippen LogP contribution in [0.5, 0.6) is 11.5 Å². The van der Waals surface area contributed by atoms with Crippen molar-refractivity contribution in [2.45, 2.75) is 20.8 Å². The van der Waals surface area contributed by atoms with Crippen LogP contribution in [0.25, 0.3) is 5.69 Å². The second-order valence-corrected chi connectivity index (χ2v) is 6.61. The zero-order chi connectivity index (χ0) is 21.5. The molecule has 3 rings (SSSR count). The van der Waals surface area contributed by atoms with E-state index in [2.05, 4.69) is 20.4 Å². The molecule has 0 saturated carbocycles. The van der Waals surface area contributed by atoms with Crippen LogP contribution in [0.4, 0.5) is 10.5 Å². The van der Waals surface area contributed by atoms with Gasteiger partial charge in [0.25, 0.3) is 0 Å². The van der Waals surface area contributed by atoms with Crippen molar-refractivity contribution >= 4 is 17.9 Å². The molecule has 3 aromatic rings. The van der Waals surface area contributed by atoms with Gasteiger partial charge in [-0.15, -0.1) is 0 Å². The van der Waals surface area contributed by atoms with E-state index < -0.39 is 6.03 Å². The Balaban J connectivity index is 1.69. The third-order valence-electron chi connectivity index (χ3n) is 4.60. The molecule has 156 valence electrons. The predicted octanol–water partition coefficient (Wildman–Crippen LogP) is 4.66. The molecule has 7 nitrogen and oxygen atoms in total. The molecule has 0 fully saturated rings. The second-order valence-electron chi connectivity index (χ2n) is 6.61. The zero-order valence-electron chi connectivity index (χ0n) is 17.6. The van der Waals surface area contributed by atoms with Gasteiger partial charge in [-0.3, -0.25) is 0 Å². The molecular formula is C23H26N4O3. The molecule has 0 spiro atoms. The average molecular weight is 406 g/mol. The van der Waals surface area contributed by atoms with Crippen molar-refractivity contribution in [3.8, 4) is 17.2 Å². The quantitative estimate of drug-likeness (QED) is 0.443. The number of anilines is 1. The molecule has 2 amide bonds. The van der Waals surface area contributed by atoms with Gasteiger partial charge in [-0.25, -0.2) is 10.2 Å². The summed E-state index contributed by atoms with van der Waals surface area (Å²) in [6.45, 7) is 6.64. The molecule has 0 atom stereocenters. The first-order chi connectivity index (χ1) is 14.5. The fraction of sp³-hybridized carbons (Fsp3) is 0.217. The Kier molecular flexibility index (Phi) is 6.75. The van der Waals surface area contributed by atoms with Crippen molar-refractivity contribution in [1.29, 1.82) is 0 Å². The Morgan fingerprint density at radius 3 is 2.57 bits per heavy atom. The van der Waals surface area contributed by atoms with Crippen LogP contribution >= 0.6 is 0 Å². The number of nitrogens with zero attached hydrogens (tertiary/aromatic N) is 2. The summed E-state index contributed by atoms with van der Waals surface area (Å²) >= 11 is 0. The summed E-state index contributed by atoms with van der Waals surface area (Å²) in [5.41, 5.74) is 7.10. The molecule has 1 heterocycles. The number of carbonyl (C=O) groups is 1. The number of urea groups is 1. The molecule has 0 saturated heterocycles. The number of ether oxygens (including phenoxy) is 2. The van der Waals surface area contributed by atoms with Crippen molar-refractivity contribution < 1.29 is 14.3 Å². The number of methoxy groups -OCH3 is 1. The summed E-state index contributed by atoms with van der Waals surface area (Å²) in [6.07, 6.45) is 1.63. The maximum Gasteiger partial charge on any atom is 0.339 e. The van der Waals surface area contributed by atoms with Crippen molar-refractivity contribution in [1.82, 2.24) is 9.99 Å². The van der Waals surface area contributed by atoms with Gasteiger partial charge in [0, 0.05) is 22.6 Å². The van der Waals surface area contributed by atoms with E-state index >= 15 is 0 Å². The SMILES string of the molecule is CCOc1ccc(-n2c(C)cc(/C=N/NC(=O)Nc3ccccc3OC)c2C)cc1. The van der Waals surface area contributed by atoms with Gasteiger partial charge in [-0.1, -0.05) is 12.1 Å². The maximum atomic E-state index is 12.1. The van der Waals surface area contributed by atoms with Gasteiger partial charge in [-0.2, -0.15) is 5.10 Å². The Morgan fingerprint density at radius 1 is 1.13 bits per heavy atom. The number of hydrogen-bond donors (Lipinski definition) is 2. The van der Waals surface area contributed by atoms with E-state index in [1.807, 2.05) is 63.2 Å². The van der Waals surface area contributed by atoms with Gasteiger partial charge in [0.2, 0.25) is 0 Å². The number of rotatable bonds is 7. The summed E-state index contributed by atoms with van der Waals surface area (Å²) in [4.78, 5) is 12.1. The largest absolute Gasteiger partial charge is 0.495 e. The van der Waals surface area contributed by atoms with Crippen LogP contribution in [0, 0.1) is 13.8 Å². The highest BCUT2D eigenvalue weighted by atomic mass is 16.5. The minimum atomic E-state index is -0.448. The van der Waals surface area contributed by atoms with Crippen LogP contribution in [0.15, 0.2) is 59.7 Å². The van der Waals surface area contributed by atoms with E-state index in [0.29, 0.717) is 18.0 Å². The fourth-order valence-electron chi connectivity index (χ4n) is 3.23. The third kappa shape index (κ3) is 4.81. The van der Waals surface area contributed by atoms with Crippen LogP contribution in [0.1, 0.15) is 23.9 Å². The molecule has 0 radical (unpaired) electrons. The first kappa shape index (κ1) is 21.0. The van der Waals surface area contributed by atoms with Crippen LogP contribution in [-0.2, 0) is 0 Å².